The van der Waals surface area contributed by atoms with Crippen LogP contribution in [0.4, 0.5) is 0 Å². The molecule has 0 fully saturated rings. The maximum absolute atomic E-state index is 11.7. The van der Waals surface area contributed by atoms with E-state index in [1.54, 1.807) is 24.3 Å². The summed E-state index contributed by atoms with van der Waals surface area (Å²) >= 11 is 4.41. The molecule has 7 heteroatoms. The lowest BCUT2D eigenvalue weighted by molar-refractivity contribution is 0.0595. The van der Waals surface area contributed by atoms with Crippen LogP contribution in [0.1, 0.15) is 20.7 Å². The number of carbonyl (C=O) groups is 2. The van der Waals surface area contributed by atoms with Crippen LogP contribution in [0.25, 0.3) is 0 Å². The summed E-state index contributed by atoms with van der Waals surface area (Å²) in [6.07, 6.45) is 1.53. The van der Waals surface area contributed by atoms with E-state index in [0.29, 0.717) is 15.5 Å². The standard InChI is InChI=1S/C14H10BrNO4S/c1-20-14(19)10-3-2-6-16-12(10)21-11-7-8(15)4-5-9(11)13(17)18/h2-7H,1H3,(H,17,18). The highest BCUT2D eigenvalue weighted by Gasteiger charge is 2.17. The average molecular weight is 368 g/mol. The van der Waals surface area contributed by atoms with Crippen LogP contribution in [0, 0.1) is 0 Å². The third-order valence-corrected chi connectivity index (χ3v) is 4.13. The van der Waals surface area contributed by atoms with Gasteiger partial charge in [-0.1, -0.05) is 27.7 Å². The summed E-state index contributed by atoms with van der Waals surface area (Å²) < 4.78 is 5.44. The topological polar surface area (TPSA) is 76.5 Å². The number of benzene rings is 1. The molecule has 0 aliphatic heterocycles. The van der Waals surface area contributed by atoms with Crippen molar-refractivity contribution in [1.82, 2.24) is 4.98 Å². The first-order chi connectivity index (χ1) is 10.0. The number of hydrogen-bond acceptors (Lipinski definition) is 5. The molecule has 2 aromatic rings. The average Bonchev–Trinajstić information content (AvgIpc) is 2.47. The normalized spacial score (nSPS) is 10.2. The van der Waals surface area contributed by atoms with Crippen molar-refractivity contribution < 1.29 is 19.4 Å². The highest BCUT2D eigenvalue weighted by atomic mass is 79.9. The number of carboxylic acid groups (broad SMARTS) is 1. The molecule has 1 heterocycles. The minimum absolute atomic E-state index is 0.143. The van der Waals surface area contributed by atoms with Crippen LogP contribution in [-0.2, 0) is 4.74 Å². The number of carbonyl (C=O) groups excluding carboxylic acids is 1. The Morgan fingerprint density at radius 2 is 2.05 bits per heavy atom. The van der Waals surface area contributed by atoms with E-state index in [2.05, 4.69) is 20.9 Å². The van der Waals surface area contributed by atoms with Gasteiger partial charge >= 0.3 is 11.9 Å². The van der Waals surface area contributed by atoms with Gasteiger partial charge in [-0.2, -0.15) is 0 Å². The molecule has 1 N–H and O–H groups in total. The molecule has 21 heavy (non-hydrogen) atoms. The Hall–Kier alpha value is -1.86. The van der Waals surface area contributed by atoms with Crippen LogP contribution in [0.15, 0.2) is 50.9 Å². The van der Waals surface area contributed by atoms with Gasteiger partial charge in [-0.25, -0.2) is 14.6 Å². The molecule has 0 aliphatic carbocycles. The third kappa shape index (κ3) is 3.62. The summed E-state index contributed by atoms with van der Waals surface area (Å²) in [5.74, 6) is -1.56. The van der Waals surface area contributed by atoms with Crippen molar-refractivity contribution in [2.75, 3.05) is 7.11 Å². The summed E-state index contributed by atoms with van der Waals surface area (Å²) in [6, 6.07) is 8.02. The van der Waals surface area contributed by atoms with Gasteiger partial charge in [-0.3, -0.25) is 0 Å². The van der Waals surface area contributed by atoms with Crippen LogP contribution < -0.4 is 0 Å². The Balaban J connectivity index is 2.46. The van der Waals surface area contributed by atoms with Crippen molar-refractivity contribution >= 4 is 39.6 Å². The first kappa shape index (κ1) is 15.5. The number of hydrogen-bond donors (Lipinski definition) is 1. The SMILES string of the molecule is COC(=O)c1cccnc1Sc1cc(Br)ccc1C(=O)O. The lowest BCUT2D eigenvalue weighted by atomic mass is 10.2. The van der Waals surface area contributed by atoms with Gasteiger partial charge in [0.25, 0.3) is 0 Å². The van der Waals surface area contributed by atoms with Gasteiger partial charge in [0.15, 0.2) is 0 Å². The molecule has 0 saturated heterocycles. The Bertz CT molecular complexity index is 705. The second kappa shape index (κ2) is 6.73. The number of esters is 1. The van der Waals surface area contributed by atoms with Crippen molar-refractivity contribution in [3.63, 3.8) is 0 Å². The molecular weight excluding hydrogens is 358 g/mol. The van der Waals surface area contributed by atoms with Gasteiger partial charge in [0.1, 0.15) is 5.03 Å². The predicted octanol–water partition coefficient (Wildman–Crippen LogP) is 3.48. The van der Waals surface area contributed by atoms with Crippen LogP contribution in [0.2, 0.25) is 0 Å². The number of nitrogens with zero attached hydrogens (tertiary/aromatic N) is 1. The molecule has 0 radical (unpaired) electrons. The third-order valence-electron chi connectivity index (χ3n) is 2.56. The first-order valence-electron chi connectivity index (χ1n) is 5.77. The number of pyridine rings is 1. The molecule has 0 saturated carbocycles. The van der Waals surface area contributed by atoms with E-state index in [9.17, 15) is 14.7 Å². The number of aromatic carboxylic acids is 1. The van der Waals surface area contributed by atoms with Gasteiger partial charge in [0.05, 0.1) is 18.2 Å². The molecule has 0 spiro atoms. The van der Waals surface area contributed by atoms with Crippen LogP contribution in [-0.4, -0.2) is 29.1 Å². The lowest BCUT2D eigenvalue weighted by Crippen LogP contribution is -2.05. The van der Waals surface area contributed by atoms with Crippen LogP contribution in [0.3, 0.4) is 0 Å². The fourth-order valence-electron chi connectivity index (χ4n) is 1.60. The van der Waals surface area contributed by atoms with E-state index in [4.69, 9.17) is 4.74 Å². The molecule has 0 atom stereocenters. The summed E-state index contributed by atoms with van der Waals surface area (Å²) in [4.78, 5) is 27.6. The van der Waals surface area contributed by atoms with E-state index in [1.807, 2.05) is 0 Å². The predicted molar refractivity (Wildman–Crippen MR) is 80.8 cm³/mol. The van der Waals surface area contributed by atoms with Crippen LogP contribution >= 0.6 is 27.7 Å². The van der Waals surface area contributed by atoms with E-state index >= 15 is 0 Å². The quantitative estimate of drug-likeness (QED) is 0.833. The van der Waals surface area contributed by atoms with Gasteiger partial charge in [-0.05, 0) is 30.3 Å². The van der Waals surface area contributed by atoms with Gasteiger partial charge < -0.3 is 9.84 Å². The minimum Gasteiger partial charge on any atom is -0.478 e. The number of halogens is 1. The molecule has 1 aromatic carbocycles. The Kier molecular flexibility index (Phi) is 4.98. The zero-order valence-electron chi connectivity index (χ0n) is 10.9. The van der Waals surface area contributed by atoms with Crippen molar-refractivity contribution in [2.24, 2.45) is 0 Å². The van der Waals surface area contributed by atoms with E-state index in [0.717, 1.165) is 16.2 Å². The lowest BCUT2D eigenvalue weighted by Gasteiger charge is -2.09. The van der Waals surface area contributed by atoms with Crippen molar-refractivity contribution in [2.45, 2.75) is 9.92 Å². The highest BCUT2D eigenvalue weighted by molar-refractivity contribution is 9.10. The molecule has 1 aromatic heterocycles. The van der Waals surface area contributed by atoms with Crippen molar-refractivity contribution in [1.29, 1.82) is 0 Å². The number of aromatic nitrogens is 1. The smallest absolute Gasteiger partial charge is 0.340 e. The molecular formula is C14H10BrNO4S. The molecule has 0 amide bonds. The highest BCUT2D eigenvalue weighted by Crippen LogP contribution is 2.33. The minimum atomic E-state index is -1.04. The number of ether oxygens (including phenoxy) is 1. The Labute approximate surface area is 133 Å². The van der Waals surface area contributed by atoms with Gasteiger partial charge in [0, 0.05) is 15.6 Å². The molecule has 5 nitrogen and oxygen atoms in total. The Morgan fingerprint density at radius 1 is 1.29 bits per heavy atom. The summed E-state index contributed by atoms with van der Waals surface area (Å²) in [6.45, 7) is 0. The monoisotopic (exact) mass is 367 g/mol. The first-order valence-corrected chi connectivity index (χ1v) is 7.38. The van der Waals surface area contributed by atoms with Gasteiger partial charge in [-0.15, -0.1) is 0 Å². The van der Waals surface area contributed by atoms with E-state index in [1.165, 1.54) is 19.4 Å². The van der Waals surface area contributed by atoms with Gasteiger partial charge in [0.2, 0.25) is 0 Å². The second-order valence-corrected chi connectivity index (χ2v) is 5.84. The molecule has 0 aliphatic rings. The second-order valence-electron chi connectivity index (χ2n) is 3.90. The van der Waals surface area contributed by atoms with E-state index in [-0.39, 0.29) is 5.56 Å². The summed E-state index contributed by atoms with van der Waals surface area (Å²) in [5, 5.41) is 9.61. The van der Waals surface area contributed by atoms with Crippen molar-refractivity contribution in [3.8, 4) is 0 Å². The summed E-state index contributed by atoms with van der Waals surface area (Å²) in [7, 11) is 1.28. The summed E-state index contributed by atoms with van der Waals surface area (Å²) in [5.41, 5.74) is 0.436. The van der Waals surface area contributed by atoms with Crippen LogP contribution in [0.5, 0.6) is 0 Å². The fourth-order valence-corrected chi connectivity index (χ4v) is 3.15. The maximum atomic E-state index is 11.7. The molecule has 108 valence electrons. The molecule has 0 unspecified atom stereocenters. The number of rotatable bonds is 4. The molecule has 2 rings (SSSR count). The number of methoxy groups -OCH3 is 1. The molecule has 0 bridgehead atoms. The zero-order chi connectivity index (χ0) is 15.4. The Morgan fingerprint density at radius 3 is 2.71 bits per heavy atom. The number of carboxylic acids is 1. The van der Waals surface area contributed by atoms with E-state index < -0.39 is 11.9 Å². The maximum Gasteiger partial charge on any atom is 0.340 e. The fraction of sp³-hybridized carbons (Fsp3) is 0.0714. The zero-order valence-corrected chi connectivity index (χ0v) is 13.3. The van der Waals surface area contributed by atoms with Crippen molar-refractivity contribution in [3.05, 3.63) is 52.1 Å². The largest absolute Gasteiger partial charge is 0.478 e.